The van der Waals surface area contributed by atoms with Gasteiger partial charge < -0.3 is 19.3 Å². The first-order valence-electron chi connectivity index (χ1n) is 6.48. The molecule has 19 heavy (non-hydrogen) atoms. The number of carbonyl (C=O) groups is 1. The Morgan fingerprint density at radius 2 is 2.37 bits per heavy atom. The van der Waals surface area contributed by atoms with Crippen molar-refractivity contribution in [2.75, 3.05) is 20.2 Å². The first-order valence-corrected chi connectivity index (χ1v) is 6.48. The van der Waals surface area contributed by atoms with Crippen LogP contribution in [-0.2, 0) is 11.3 Å². The van der Waals surface area contributed by atoms with E-state index in [2.05, 4.69) is 5.16 Å². The third-order valence-electron chi connectivity index (χ3n) is 3.42. The van der Waals surface area contributed by atoms with Crippen LogP contribution in [0.25, 0.3) is 0 Å². The van der Waals surface area contributed by atoms with E-state index in [0.717, 1.165) is 6.42 Å². The fourth-order valence-corrected chi connectivity index (χ4v) is 2.25. The maximum Gasteiger partial charge on any atom is 0.276 e. The summed E-state index contributed by atoms with van der Waals surface area (Å²) in [6, 6.07) is 1.61. The van der Waals surface area contributed by atoms with Gasteiger partial charge in [0.25, 0.3) is 5.91 Å². The fraction of sp³-hybridized carbons (Fsp3) is 0.692. The van der Waals surface area contributed by atoms with Crippen molar-refractivity contribution in [3.63, 3.8) is 0 Å². The van der Waals surface area contributed by atoms with E-state index in [4.69, 9.17) is 9.26 Å². The van der Waals surface area contributed by atoms with E-state index < -0.39 is 5.60 Å². The second-order valence-electron chi connectivity index (χ2n) is 5.25. The van der Waals surface area contributed by atoms with Crippen molar-refractivity contribution in [3.05, 3.63) is 17.5 Å². The molecular formula is C13H20N2O4. The Balaban J connectivity index is 2.02. The van der Waals surface area contributed by atoms with E-state index in [1.165, 1.54) is 0 Å². The van der Waals surface area contributed by atoms with Gasteiger partial charge >= 0.3 is 0 Å². The molecule has 1 N–H and O–H groups in total. The van der Waals surface area contributed by atoms with Crippen LogP contribution in [0, 0.1) is 0 Å². The number of amides is 1. The van der Waals surface area contributed by atoms with E-state index in [1.807, 2.05) is 6.92 Å². The molecule has 0 saturated carbocycles. The Hall–Kier alpha value is -1.40. The number of likely N-dealkylation sites (tertiary alicyclic amines) is 1. The van der Waals surface area contributed by atoms with Gasteiger partial charge in [0.05, 0.1) is 5.60 Å². The molecule has 1 fully saturated rings. The van der Waals surface area contributed by atoms with Gasteiger partial charge in [0.2, 0.25) is 0 Å². The zero-order chi connectivity index (χ0) is 13.9. The van der Waals surface area contributed by atoms with Crippen LogP contribution < -0.4 is 0 Å². The molecule has 1 amide bonds. The molecule has 1 unspecified atom stereocenters. The molecule has 2 rings (SSSR count). The summed E-state index contributed by atoms with van der Waals surface area (Å²) in [6.07, 6.45) is 2.09. The number of aliphatic hydroxyl groups is 1. The minimum atomic E-state index is -0.680. The van der Waals surface area contributed by atoms with Gasteiger partial charge in [-0.3, -0.25) is 4.79 Å². The third kappa shape index (κ3) is 3.54. The third-order valence-corrected chi connectivity index (χ3v) is 3.42. The predicted octanol–water partition coefficient (Wildman–Crippen LogP) is 1.20. The highest BCUT2D eigenvalue weighted by atomic mass is 16.5. The first kappa shape index (κ1) is 14.0. The highest BCUT2D eigenvalue weighted by molar-refractivity contribution is 5.92. The van der Waals surface area contributed by atoms with E-state index in [9.17, 15) is 9.90 Å². The van der Waals surface area contributed by atoms with E-state index >= 15 is 0 Å². The van der Waals surface area contributed by atoms with Crippen LogP contribution in [0.4, 0.5) is 0 Å². The number of carbonyl (C=O) groups excluding carboxylic acids is 1. The number of aromatic nitrogens is 1. The van der Waals surface area contributed by atoms with Crippen molar-refractivity contribution in [1.82, 2.24) is 10.1 Å². The van der Waals surface area contributed by atoms with Gasteiger partial charge in [0.15, 0.2) is 11.5 Å². The molecule has 106 valence electrons. The Bertz CT molecular complexity index is 442. The molecular weight excluding hydrogens is 248 g/mol. The average molecular weight is 268 g/mol. The SMILES string of the molecule is COCc1cc(C(=O)N2CCCC(C)(O)CC2)no1. The fourth-order valence-electron chi connectivity index (χ4n) is 2.25. The van der Waals surface area contributed by atoms with Crippen molar-refractivity contribution in [1.29, 1.82) is 0 Å². The summed E-state index contributed by atoms with van der Waals surface area (Å²) < 4.78 is 9.94. The lowest BCUT2D eigenvalue weighted by Gasteiger charge is -2.21. The summed E-state index contributed by atoms with van der Waals surface area (Å²) in [4.78, 5) is 14.0. The van der Waals surface area contributed by atoms with Gasteiger partial charge in [-0.1, -0.05) is 5.16 Å². The minimum absolute atomic E-state index is 0.149. The van der Waals surface area contributed by atoms with Crippen LogP contribution in [0.1, 0.15) is 42.4 Å². The number of methoxy groups -OCH3 is 1. The largest absolute Gasteiger partial charge is 0.390 e. The highest BCUT2D eigenvalue weighted by Crippen LogP contribution is 2.22. The molecule has 1 aliphatic rings. The lowest BCUT2D eigenvalue weighted by molar-refractivity contribution is 0.0437. The summed E-state index contributed by atoms with van der Waals surface area (Å²) in [6.45, 7) is 3.29. The quantitative estimate of drug-likeness (QED) is 0.891. The Labute approximate surface area is 112 Å². The predicted molar refractivity (Wildman–Crippen MR) is 67.6 cm³/mol. The highest BCUT2D eigenvalue weighted by Gasteiger charge is 2.28. The monoisotopic (exact) mass is 268 g/mol. The molecule has 1 saturated heterocycles. The first-order chi connectivity index (χ1) is 9.02. The molecule has 0 aromatic carbocycles. The van der Waals surface area contributed by atoms with Crippen molar-refractivity contribution in [3.8, 4) is 0 Å². The molecule has 1 aliphatic heterocycles. The number of nitrogens with zero attached hydrogens (tertiary/aromatic N) is 2. The average Bonchev–Trinajstić information content (AvgIpc) is 2.74. The molecule has 1 aromatic rings. The van der Waals surface area contributed by atoms with Crippen LogP contribution in [0.3, 0.4) is 0 Å². The van der Waals surface area contributed by atoms with Crippen LogP contribution in [0.15, 0.2) is 10.6 Å². The van der Waals surface area contributed by atoms with Gasteiger partial charge in [-0.05, 0) is 26.2 Å². The van der Waals surface area contributed by atoms with Crippen molar-refractivity contribution < 1.29 is 19.2 Å². The maximum absolute atomic E-state index is 12.3. The van der Waals surface area contributed by atoms with Gasteiger partial charge in [-0.2, -0.15) is 0 Å². The summed E-state index contributed by atoms with van der Waals surface area (Å²) in [5.74, 6) is 0.386. The lowest BCUT2D eigenvalue weighted by Crippen LogP contribution is -2.33. The van der Waals surface area contributed by atoms with Crippen LogP contribution in [0.2, 0.25) is 0 Å². The molecule has 0 radical (unpaired) electrons. The molecule has 6 nitrogen and oxygen atoms in total. The molecule has 2 heterocycles. The smallest absolute Gasteiger partial charge is 0.276 e. The second-order valence-corrected chi connectivity index (χ2v) is 5.25. The van der Waals surface area contributed by atoms with Crippen molar-refractivity contribution in [2.24, 2.45) is 0 Å². The number of ether oxygens (including phenoxy) is 1. The topological polar surface area (TPSA) is 75.8 Å². The summed E-state index contributed by atoms with van der Waals surface area (Å²) in [5, 5.41) is 13.8. The summed E-state index contributed by atoms with van der Waals surface area (Å²) in [7, 11) is 1.56. The maximum atomic E-state index is 12.3. The zero-order valence-corrected chi connectivity index (χ0v) is 11.4. The Kier molecular flexibility index (Phi) is 4.21. The van der Waals surface area contributed by atoms with E-state index in [0.29, 0.717) is 44.0 Å². The van der Waals surface area contributed by atoms with Gasteiger partial charge in [-0.15, -0.1) is 0 Å². The van der Waals surface area contributed by atoms with Crippen LogP contribution >= 0.6 is 0 Å². The lowest BCUT2D eigenvalue weighted by atomic mass is 9.98. The van der Waals surface area contributed by atoms with Gasteiger partial charge in [-0.25, -0.2) is 0 Å². The Morgan fingerprint density at radius 3 is 3.11 bits per heavy atom. The second kappa shape index (κ2) is 5.71. The summed E-state index contributed by atoms with van der Waals surface area (Å²) in [5.41, 5.74) is -0.381. The zero-order valence-electron chi connectivity index (χ0n) is 11.4. The van der Waals surface area contributed by atoms with E-state index in [1.54, 1.807) is 18.1 Å². The van der Waals surface area contributed by atoms with Gasteiger partial charge in [0, 0.05) is 26.3 Å². The van der Waals surface area contributed by atoms with Crippen molar-refractivity contribution >= 4 is 5.91 Å². The normalized spacial score (nSPS) is 24.3. The van der Waals surface area contributed by atoms with Crippen molar-refractivity contribution in [2.45, 2.75) is 38.4 Å². The molecule has 1 atom stereocenters. The van der Waals surface area contributed by atoms with E-state index in [-0.39, 0.29) is 5.91 Å². The standard InChI is InChI=1S/C13H20N2O4/c1-13(17)4-3-6-15(7-5-13)12(16)11-8-10(9-18-2)19-14-11/h8,17H,3-7,9H2,1-2H3. The molecule has 0 bridgehead atoms. The van der Waals surface area contributed by atoms with Crippen LogP contribution in [0.5, 0.6) is 0 Å². The molecule has 0 spiro atoms. The number of rotatable bonds is 3. The van der Waals surface area contributed by atoms with Crippen LogP contribution in [-0.4, -0.2) is 46.9 Å². The molecule has 0 aliphatic carbocycles. The summed E-state index contributed by atoms with van der Waals surface area (Å²) >= 11 is 0. The molecule has 1 aromatic heterocycles. The number of hydrogen-bond acceptors (Lipinski definition) is 5. The van der Waals surface area contributed by atoms with Gasteiger partial charge in [0.1, 0.15) is 6.61 Å². The Morgan fingerprint density at radius 1 is 1.58 bits per heavy atom. The molecule has 6 heteroatoms. The number of hydrogen-bond donors (Lipinski definition) is 1. The minimum Gasteiger partial charge on any atom is -0.390 e.